The fourth-order valence-electron chi connectivity index (χ4n) is 3.77. The molecule has 1 amide bonds. The number of aromatic carboxylic acids is 1. The minimum Gasteiger partial charge on any atom is -0.478 e. The summed E-state index contributed by atoms with van der Waals surface area (Å²) in [6.07, 6.45) is 6.53. The van der Waals surface area contributed by atoms with Crippen LogP contribution in [0.4, 0.5) is 10.1 Å². The van der Waals surface area contributed by atoms with Crippen LogP contribution in [-0.4, -0.2) is 17.0 Å². The summed E-state index contributed by atoms with van der Waals surface area (Å²) in [5.41, 5.74) is 3.65. The number of nitrogens with zero attached hydrogens (tertiary/aromatic N) is 1. The average Bonchev–Trinajstić information content (AvgIpc) is 2.91. The Balaban J connectivity index is 1.81. The summed E-state index contributed by atoms with van der Waals surface area (Å²) >= 11 is 4.31. The molecule has 0 unspecified atom stereocenters. The van der Waals surface area contributed by atoms with Crippen molar-refractivity contribution >= 4 is 30.2 Å². The van der Waals surface area contributed by atoms with Gasteiger partial charge in [-0.05, 0) is 71.3 Å². The van der Waals surface area contributed by atoms with Crippen molar-refractivity contribution in [3.63, 3.8) is 0 Å². The second-order valence-corrected chi connectivity index (χ2v) is 9.34. The number of anilines is 1. The highest BCUT2D eigenvalue weighted by Crippen LogP contribution is 2.24. The first-order valence-electron chi connectivity index (χ1n) is 12.3. The third kappa shape index (κ3) is 8.22. The maximum atomic E-state index is 14.0. The van der Waals surface area contributed by atoms with Crippen LogP contribution in [0.2, 0.25) is 0 Å². The van der Waals surface area contributed by atoms with Crippen LogP contribution in [0.15, 0.2) is 90.4 Å². The molecule has 3 aromatic rings. The predicted octanol–water partition coefficient (Wildman–Crippen LogP) is 7.19. The Bertz CT molecular complexity index is 1380. The van der Waals surface area contributed by atoms with Gasteiger partial charge in [0.15, 0.2) is 0 Å². The Hall–Kier alpha value is -4.08. The number of carboxylic acids is 1. The molecule has 0 heterocycles. The van der Waals surface area contributed by atoms with E-state index in [4.69, 9.17) is 0 Å². The minimum absolute atomic E-state index is 0.0181. The van der Waals surface area contributed by atoms with Crippen molar-refractivity contribution in [1.29, 1.82) is 0 Å². The lowest BCUT2D eigenvalue weighted by Crippen LogP contribution is -2.30. The maximum Gasteiger partial charge on any atom is 0.338 e. The third-order valence-electron chi connectivity index (χ3n) is 5.85. The molecule has 194 valence electrons. The number of carbonyl (C=O) groups is 2. The van der Waals surface area contributed by atoms with Crippen LogP contribution in [0.25, 0.3) is 0 Å². The highest BCUT2D eigenvalue weighted by atomic mass is 32.1. The topological polar surface area (TPSA) is 57.6 Å². The van der Waals surface area contributed by atoms with E-state index in [1.165, 1.54) is 41.5 Å². The molecule has 0 aliphatic heterocycles. The van der Waals surface area contributed by atoms with Crippen molar-refractivity contribution in [3.05, 3.63) is 124 Å². The largest absolute Gasteiger partial charge is 0.478 e. The summed E-state index contributed by atoms with van der Waals surface area (Å²) in [6.45, 7) is 5.95. The van der Waals surface area contributed by atoms with E-state index < -0.39 is 17.3 Å². The highest BCUT2D eigenvalue weighted by molar-refractivity contribution is 7.84. The summed E-state index contributed by atoms with van der Waals surface area (Å²) in [5.74, 6) is 3.75. The van der Waals surface area contributed by atoms with Gasteiger partial charge >= 0.3 is 5.97 Å². The lowest BCUT2D eigenvalue weighted by molar-refractivity contribution is -0.118. The van der Waals surface area contributed by atoms with Crippen LogP contribution in [0.1, 0.15) is 58.8 Å². The maximum absolute atomic E-state index is 14.0. The number of rotatable bonds is 10. The van der Waals surface area contributed by atoms with Crippen molar-refractivity contribution in [3.8, 4) is 11.8 Å². The number of thiol groups is 1. The van der Waals surface area contributed by atoms with E-state index in [9.17, 15) is 19.1 Å². The molecule has 38 heavy (non-hydrogen) atoms. The van der Waals surface area contributed by atoms with Crippen molar-refractivity contribution in [2.24, 2.45) is 0 Å². The predicted molar refractivity (Wildman–Crippen MR) is 154 cm³/mol. The lowest BCUT2D eigenvalue weighted by Gasteiger charge is -2.24. The first kappa shape index (κ1) is 28.5. The normalized spacial score (nSPS) is 10.9. The number of allylic oxidation sites excluding steroid dienone is 2. The van der Waals surface area contributed by atoms with Gasteiger partial charge in [0.25, 0.3) is 0 Å². The fourth-order valence-corrected chi connectivity index (χ4v) is 4.01. The van der Waals surface area contributed by atoms with Gasteiger partial charge in [-0.1, -0.05) is 68.2 Å². The number of benzene rings is 3. The SMILES string of the molecule is C=C/C=C(\S)CC(=O)N(Cc1ccc(C#Cc2ccc(CCCC)cc2)cc1)c1ccc(F)c(C(=O)O)c1. The summed E-state index contributed by atoms with van der Waals surface area (Å²) in [7, 11) is 0. The molecule has 0 aliphatic rings. The van der Waals surface area contributed by atoms with E-state index >= 15 is 0 Å². The quantitative estimate of drug-likeness (QED) is 0.167. The Morgan fingerprint density at radius 1 is 1.00 bits per heavy atom. The van der Waals surface area contributed by atoms with Crippen molar-refractivity contribution in [2.75, 3.05) is 4.90 Å². The van der Waals surface area contributed by atoms with Gasteiger partial charge in [0.05, 0.1) is 18.5 Å². The first-order valence-corrected chi connectivity index (χ1v) is 12.8. The van der Waals surface area contributed by atoms with E-state index in [-0.39, 0.29) is 24.6 Å². The molecule has 0 saturated carbocycles. The van der Waals surface area contributed by atoms with Gasteiger partial charge in [-0.15, -0.1) is 12.6 Å². The highest BCUT2D eigenvalue weighted by Gasteiger charge is 2.20. The zero-order valence-electron chi connectivity index (χ0n) is 21.3. The molecule has 0 spiro atoms. The standard InChI is InChI=1S/C32H30FNO3S/c1-3-5-7-23-8-10-24(11-9-23)12-13-25-14-16-26(17-15-25)22-34(31(35)21-28(38)6-4-2)27-18-19-30(33)29(20-27)32(36)37/h4,6,8-11,14-20,38H,2-3,5,7,21-22H2,1H3,(H,36,37)/b28-6-. The van der Waals surface area contributed by atoms with Crippen LogP contribution < -0.4 is 4.90 Å². The molecule has 0 bridgehead atoms. The van der Waals surface area contributed by atoms with Gasteiger partial charge in [-0.3, -0.25) is 4.79 Å². The smallest absolute Gasteiger partial charge is 0.338 e. The third-order valence-corrected chi connectivity index (χ3v) is 6.16. The zero-order valence-corrected chi connectivity index (χ0v) is 22.2. The summed E-state index contributed by atoms with van der Waals surface area (Å²) in [6, 6.07) is 19.4. The number of hydrogen-bond donors (Lipinski definition) is 2. The van der Waals surface area contributed by atoms with Crippen LogP contribution >= 0.6 is 12.6 Å². The minimum atomic E-state index is -1.41. The average molecular weight is 528 g/mol. The molecule has 0 aliphatic carbocycles. The number of unbranched alkanes of at least 4 members (excludes halogenated alkanes) is 1. The molecule has 0 aromatic heterocycles. The fraction of sp³-hybridized carbons (Fsp3) is 0.188. The Labute approximate surface area is 228 Å². The number of carboxylic acid groups (broad SMARTS) is 1. The summed E-state index contributed by atoms with van der Waals surface area (Å²) in [4.78, 5) is 26.5. The van der Waals surface area contributed by atoms with Crippen LogP contribution in [-0.2, 0) is 17.8 Å². The molecule has 4 nitrogen and oxygen atoms in total. The van der Waals surface area contributed by atoms with Gasteiger partial charge in [0.1, 0.15) is 5.82 Å². The van der Waals surface area contributed by atoms with Crippen LogP contribution in [0, 0.1) is 17.7 Å². The van der Waals surface area contributed by atoms with E-state index in [1.807, 2.05) is 36.4 Å². The first-order chi connectivity index (χ1) is 18.3. The molecule has 1 N–H and O–H groups in total. The van der Waals surface area contributed by atoms with Gasteiger partial charge < -0.3 is 10.0 Å². The lowest BCUT2D eigenvalue weighted by atomic mass is 10.1. The number of amides is 1. The Kier molecular flexibility index (Phi) is 10.5. The zero-order chi connectivity index (χ0) is 27.5. The van der Waals surface area contributed by atoms with E-state index in [0.717, 1.165) is 29.2 Å². The van der Waals surface area contributed by atoms with Crippen molar-refractivity contribution in [1.82, 2.24) is 0 Å². The molecular formula is C32H30FNO3S. The summed E-state index contributed by atoms with van der Waals surface area (Å²) in [5, 5.41) is 9.34. The number of halogens is 1. The molecule has 3 rings (SSSR count). The number of aryl methyl sites for hydroxylation is 1. The van der Waals surface area contributed by atoms with Gasteiger partial charge in [0, 0.05) is 16.8 Å². The van der Waals surface area contributed by atoms with Gasteiger partial charge in [-0.25, -0.2) is 9.18 Å². The van der Waals surface area contributed by atoms with E-state index in [1.54, 1.807) is 6.08 Å². The Morgan fingerprint density at radius 2 is 1.61 bits per heavy atom. The van der Waals surface area contributed by atoms with Gasteiger partial charge in [0.2, 0.25) is 5.91 Å². The molecule has 0 saturated heterocycles. The molecule has 3 aromatic carbocycles. The van der Waals surface area contributed by atoms with E-state index in [2.05, 4.69) is 50.1 Å². The number of hydrogen-bond acceptors (Lipinski definition) is 3. The molecule has 0 fully saturated rings. The molecule has 6 heteroatoms. The summed E-state index contributed by atoms with van der Waals surface area (Å²) < 4.78 is 14.0. The Morgan fingerprint density at radius 3 is 2.16 bits per heavy atom. The second kappa shape index (κ2) is 14.0. The van der Waals surface area contributed by atoms with Crippen molar-refractivity contribution < 1.29 is 19.1 Å². The molecule has 0 atom stereocenters. The number of carbonyl (C=O) groups excluding carboxylic acids is 1. The van der Waals surface area contributed by atoms with Crippen molar-refractivity contribution in [2.45, 2.75) is 39.2 Å². The molecule has 0 radical (unpaired) electrons. The molecular weight excluding hydrogens is 497 g/mol. The van der Waals surface area contributed by atoms with E-state index in [0.29, 0.717) is 4.91 Å². The second-order valence-electron chi connectivity index (χ2n) is 8.77. The monoisotopic (exact) mass is 527 g/mol. The van der Waals surface area contributed by atoms with Crippen LogP contribution in [0.5, 0.6) is 0 Å². The van der Waals surface area contributed by atoms with Gasteiger partial charge in [-0.2, -0.15) is 0 Å². The van der Waals surface area contributed by atoms with Crippen LogP contribution in [0.3, 0.4) is 0 Å².